The number of nitrogens with one attached hydrogen (secondary N) is 2. The number of hydrogen-bond donors (Lipinski definition) is 5. The van der Waals surface area contributed by atoms with E-state index < -0.39 is 46.9 Å². The fourth-order valence-electron chi connectivity index (χ4n) is 6.34. The van der Waals surface area contributed by atoms with E-state index in [1.54, 1.807) is 19.9 Å². The summed E-state index contributed by atoms with van der Waals surface area (Å²) < 4.78 is 21.6. The van der Waals surface area contributed by atoms with Gasteiger partial charge in [-0.3, -0.25) is 14.4 Å². The fraction of sp³-hybridized carbons (Fsp3) is 0.414. The molecule has 6 rings (SSSR count). The fourth-order valence-corrected chi connectivity index (χ4v) is 6.34. The van der Waals surface area contributed by atoms with Crippen LogP contribution in [0.25, 0.3) is 22.3 Å². The Morgan fingerprint density at radius 3 is 2.71 bits per heavy atom. The smallest absolute Gasteiger partial charge is 0.343 e. The summed E-state index contributed by atoms with van der Waals surface area (Å²) >= 11 is 0. The van der Waals surface area contributed by atoms with Crippen LogP contribution in [0.3, 0.4) is 0 Å². The molecule has 3 atom stereocenters. The Balaban J connectivity index is 1.53. The van der Waals surface area contributed by atoms with Crippen LogP contribution in [0.4, 0.5) is 4.39 Å². The molecule has 1 aromatic carbocycles. The molecule has 12 nitrogen and oxygen atoms in total. The van der Waals surface area contributed by atoms with E-state index in [0.29, 0.717) is 57.4 Å². The maximum atomic E-state index is 15.0. The minimum Gasteiger partial charge on any atom is -0.458 e. The summed E-state index contributed by atoms with van der Waals surface area (Å²) in [5.41, 5.74) is 1.10. The van der Waals surface area contributed by atoms with E-state index in [4.69, 9.17) is 14.8 Å². The SMILES string of the molecule is CC[C@@]1(O)C(=O)OCc2c1cc1n(c2=O)Cc2c-1nc1cc(F)c(C)c3c1c2[C@@H](NC(=O)C(O)C(=O)NCCO)CC3. The van der Waals surface area contributed by atoms with Crippen LogP contribution in [0.2, 0.25) is 0 Å². The molecule has 42 heavy (non-hydrogen) atoms. The number of aryl methyl sites for hydroxylation is 1. The molecule has 0 bridgehead atoms. The average Bonchev–Trinajstić information content (AvgIpc) is 3.35. The maximum absolute atomic E-state index is 15.0. The van der Waals surface area contributed by atoms with Crippen molar-refractivity contribution in [3.63, 3.8) is 0 Å². The number of aromatic nitrogens is 2. The zero-order valence-corrected chi connectivity index (χ0v) is 22.9. The topological polar surface area (TPSA) is 180 Å². The van der Waals surface area contributed by atoms with Crippen LogP contribution >= 0.6 is 0 Å². The molecule has 2 amide bonds. The van der Waals surface area contributed by atoms with Crippen molar-refractivity contribution in [1.29, 1.82) is 0 Å². The van der Waals surface area contributed by atoms with Crippen molar-refractivity contribution in [3.8, 4) is 11.4 Å². The molecule has 220 valence electrons. The number of fused-ring (bicyclic) bond motifs is 5. The molecule has 1 aliphatic carbocycles. The number of halogens is 1. The minimum atomic E-state index is -2.03. The van der Waals surface area contributed by atoms with Crippen LogP contribution in [-0.4, -0.2) is 61.9 Å². The molecule has 2 aliphatic heterocycles. The highest BCUT2D eigenvalue weighted by atomic mass is 19.1. The van der Waals surface area contributed by atoms with E-state index in [0.717, 1.165) is 0 Å². The molecule has 1 unspecified atom stereocenters. The van der Waals surface area contributed by atoms with Gasteiger partial charge >= 0.3 is 5.97 Å². The average molecular weight is 581 g/mol. The van der Waals surface area contributed by atoms with E-state index in [1.165, 1.54) is 10.6 Å². The predicted octanol–water partition coefficient (Wildman–Crippen LogP) is 0.100. The Morgan fingerprint density at radius 1 is 1.24 bits per heavy atom. The Morgan fingerprint density at radius 2 is 2.00 bits per heavy atom. The predicted molar refractivity (Wildman–Crippen MR) is 145 cm³/mol. The first-order chi connectivity index (χ1) is 20.0. The standard InChI is InChI=1S/C29H29FN4O8/c1-3-29(41)16-8-20-23-14(10-34(20)27(39)15(16)11-42-28(29)40)22-18(33-26(38)24(36)25(37)31-6-7-35)5-4-13-12(2)17(30)9-19(32-23)21(13)22/h8-9,18,24,35-36,41H,3-7,10-11H2,1-2H3,(H,31,37)(H,33,38)/t18-,24?,29-/m0/s1. The summed E-state index contributed by atoms with van der Waals surface area (Å²) in [7, 11) is 0. The van der Waals surface area contributed by atoms with E-state index in [2.05, 4.69) is 10.6 Å². The molecule has 0 radical (unpaired) electrons. The van der Waals surface area contributed by atoms with Gasteiger partial charge in [0.25, 0.3) is 17.4 Å². The second kappa shape index (κ2) is 9.96. The number of esters is 1. The van der Waals surface area contributed by atoms with E-state index in [-0.39, 0.29) is 43.9 Å². The van der Waals surface area contributed by atoms with Gasteiger partial charge in [0.2, 0.25) is 6.10 Å². The molecule has 13 heteroatoms. The number of cyclic esters (lactones) is 1. The molecule has 0 fully saturated rings. The van der Waals surface area contributed by atoms with Crippen molar-refractivity contribution in [2.45, 2.75) is 64.0 Å². The number of amides is 2. The lowest BCUT2D eigenvalue weighted by atomic mass is 9.81. The molecule has 2 aromatic heterocycles. The van der Waals surface area contributed by atoms with Crippen LogP contribution in [0.1, 0.15) is 59.2 Å². The molecule has 5 N–H and O–H groups in total. The van der Waals surface area contributed by atoms with Crippen LogP contribution in [-0.2, 0) is 44.3 Å². The monoisotopic (exact) mass is 580 g/mol. The van der Waals surface area contributed by atoms with Crippen molar-refractivity contribution < 1.29 is 38.8 Å². The summed E-state index contributed by atoms with van der Waals surface area (Å²) in [6, 6.07) is 2.12. The number of nitrogens with zero attached hydrogens (tertiary/aromatic N) is 2. The second-order valence-corrected chi connectivity index (χ2v) is 10.8. The van der Waals surface area contributed by atoms with Gasteiger partial charge in [-0.1, -0.05) is 6.92 Å². The van der Waals surface area contributed by atoms with Gasteiger partial charge in [-0.05, 0) is 48.9 Å². The van der Waals surface area contributed by atoms with Crippen molar-refractivity contribution in [1.82, 2.24) is 20.2 Å². The summed E-state index contributed by atoms with van der Waals surface area (Å²) in [5.74, 6) is -3.24. The van der Waals surface area contributed by atoms with E-state index >= 15 is 4.39 Å². The highest BCUT2D eigenvalue weighted by molar-refractivity contribution is 6.03. The number of hydrogen-bond acceptors (Lipinski definition) is 9. The first-order valence-corrected chi connectivity index (χ1v) is 13.7. The zero-order chi connectivity index (χ0) is 30.1. The normalized spacial score (nSPS) is 20.8. The molecule has 3 aromatic rings. The van der Waals surface area contributed by atoms with Gasteiger partial charge in [-0.2, -0.15) is 0 Å². The van der Waals surface area contributed by atoms with Crippen LogP contribution < -0.4 is 16.2 Å². The molecular weight excluding hydrogens is 551 g/mol. The Kier molecular flexibility index (Phi) is 6.63. The van der Waals surface area contributed by atoms with Gasteiger partial charge in [-0.15, -0.1) is 0 Å². The number of rotatable bonds is 6. The minimum absolute atomic E-state index is 0.0266. The first kappa shape index (κ1) is 27.9. The number of benzene rings is 1. The number of carbonyl (C=O) groups is 3. The van der Waals surface area contributed by atoms with Crippen LogP contribution in [0.15, 0.2) is 16.9 Å². The van der Waals surface area contributed by atoms with Crippen molar-refractivity contribution in [2.75, 3.05) is 13.2 Å². The number of ether oxygens (including phenoxy) is 1. The number of pyridine rings is 2. The van der Waals surface area contributed by atoms with Crippen molar-refractivity contribution >= 4 is 28.7 Å². The summed E-state index contributed by atoms with van der Waals surface area (Å²) in [4.78, 5) is 56.1. The quantitative estimate of drug-likeness (QED) is 0.156. The molecule has 4 heterocycles. The lowest BCUT2D eigenvalue weighted by Gasteiger charge is -2.31. The third kappa shape index (κ3) is 3.95. The lowest BCUT2D eigenvalue weighted by Crippen LogP contribution is -2.47. The van der Waals surface area contributed by atoms with Gasteiger partial charge in [0.05, 0.1) is 41.7 Å². The van der Waals surface area contributed by atoms with Gasteiger partial charge < -0.3 is 35.3 Å². The number of carbonyl (C=O) groups excluding carboxylic acids is 3. The Hall–Kier alpha value is -4.20. The number of aliphatic hydroxyl groups is 3. The van der Waals surface area contributed by atoms with Gasteiger partial charge in [-0.25, -0.2) is 14.2 Å². The van der Waals surface area contributed by atoms with Crippen molar-refractivity contribution in [3.05, 3.63) is 61.7 Å². The Bertz CT molecular complexity index is 1770. The molecule has 3 aliphatic rings. The van der Waals surface area contributed by atoms with Crippen LogP contribution in [0, 0.1) is 12.7 Å². The molecule has 0 spiro atoms. The van der Waals surface area contributed by atoms with Crippen LogP contribution in [0.5, 0.6) is 0 Å². The second-order valence-electron chi connectivity index (χ2n) is 10.8. The van der Waals surface area contributed by atoms with Crippen molar-refractivity contribution in [2.24, 2.45) is 0 Å². The van der Waals surface area contributed by atoms with Gasteiger partial charge in [0, 0.05) is 29.1 Å². The highest BCUT2D eigenvalue weighted by Gasteiger charge is 2.46. The third-order valence-corrected chi connectivity index (χ3v) is 8.60. The molecule has 0 saturated carbocycles. The van der Waals surface area contributed by atoms with E-state index in [1.807, 2.05) is 0 Å². The first-order valence-electron chi connectivity index (χ1n) is 13.7. The number of aliphatic hydroxyl groups excluding tert-OH is 2. The zero-order valence-electron chi connectivity index (χ0n) is 22.9. The largest absolute Gasteiger partial charge is 0.458 e. The Labute approximate surface area is 238 Å². The van der Waals surface area contributed by atoms with E-state index in [9.17, 15) is 29.4 Å². The lowest BCUT2D eigenvalue weighted by molar-refractivity contribution is -0.172. The highest BCUT2D eigenvalue weighted by Crippen LogP contribution is 2.45. The molecular formula is C29H29FN4O8. The summed E-state index contributed by atoms with van der Waals surface area (Å²) in [5, 5.41) is 36.0. The third-order valence-electron chi connectivity index (χ3n) is 8.60. The van der Waals surface area contributed by atoms with Gasteiger partial charge in [0.1, 0.15) is 12.4 Å². The molecule has 0 saturated heterocycles. The summed E-state index contributed by atoms with van der Waals surface area (Å²) in [6.45, 7) is 2.52. The summed E-state index contributed by atoms with van der Waals surface area (Å²) in [6.07, 6.45) is -1.36. The van der Waals surface area contributed by atoms with Gasteiger partial charge in [0.15, 0.2) is 5.60 Å². The maximum Gasteiger partial charge on any atom is 0.343 e.